The van der Waals surface area contributed by atoms with Gasteiger partial charge in [0.2, 0.25) is 0 Å². The van der Waals surface area contributed by atoms with Gasteiger partial charge < -0.3 is 10.1 Å². The third-order valence-electron chi connectivity index (χ3n) is 4.11. The Morgan fingerprint density at radius 1 is 1.04 bits per heavy atom. The molecule has 1 N–H and O–H groups in total. The lowest BCUT2D eigenvalue weighted by Gasteiger charge is -2.11. The number of methoxy groups -OCH3 is 1. The van der Waals surface area contributed by atoms with E-state index in [1.807, 2.05) is 36.5 Å². The van der Waals surface area contributed by atoms with Crippen LogP contribution in [0.2, 0.25) is 0 Å². The second-order valence-electron chi connectivity index (χ2n) is 5.86. The molecule has 0 aliphatic rings. The number of nitrogens with zero attached hydrogens (tertiary/aromatic N) is 3. The number of imidazole rings is 1. The van der Waals surface area contributed by atoms with Crippen molar-refractivity contribution >= 4 is 28.2 Å². The molecule has 0 saturated heterocycles. The monoisotopic (exact) mass is 318 g/mol. The maximum absolute atomic E-state index is 5.20. The minimum absolute atomic E-state index is 0.740. The second kappa shape index (κ2) is 5.53. The Balaban J connectivity index is 1.88. The van der Waals surface area contributed by atoms with Gasteiger partial charge in [0.25, 0.3) is 0 Å². The molecule has 0 spiro atoms. The van der Waals surface area contributed by atoms with Crippen molar-refractivity contribution in [3.05, 3.63) is 59.9 Å². The Hall–Kier alpha value is -3.08. The maximum atomic E-state index is 5.20. The third-order valence-corrected chi connectivity index (χ3v) is 4.11. The largest absolute Gasteiger partial charge is 0.497 e. The molecule has 0 amide bonds. The molecule has 0 aliphatic heterocycles. The molecule has 0 radical (unpaired) electrons. The molecule has 4 rings (SSSR count). The zero-order chi connectivity index (χ0) is 16.7. The van der Waals surface area contributed by atoms with Crippen LogP contribution in [0.4, 0.5) is 11.5 Å². The SMILES string of the molecule is COc1ccc(Nc2nc3ccc(C)cc3n3c(C)cnc23)cc1. The van der Waals surface area contributed by atoms with Crippen LogP contribution >= 0.6 is 0 Å². The van der Waals surface area contributed by atoms with Crippen LogP contribution in [-0.2, 0) is 0 Å². The number of aromatic nitrogens is 3. The predicted octanol–water partition coefficient (Wildman–Crippen LogP) is 4.25. The van der Waals surface area contributed by atoms with Crippen LogP contribution < -0.4 is 10.1 Å². The average Bonchev–Trinajstić information content (AvgIpc) is 2.99. The van der Waals surface area contributed by atoms with Crippen molar-refractivity contribution in [3.8, 4) is 5.75 Å². The first-order valence-corrected chi connectivity index (χ1v) is 7.81. The number of ether oxygens (including phenoxy) is 1. The highest BCUT2D eigenvalue weighted by atomic mass is 16.5. The Bertz CT molecular complexity index is 1030. The molecule has 0 unspecified atom stereocenters. The Morgan fingerprint density at radius 3 is 2.58 bits per heavy atom. The van der Waals surface area contributed by atoms with Gasteiger partial charge >= 0.3 is 0 Å². The van der Waals surface area contributed by atoms with E-state index in [1.54, 1.807) is 7.11 Å². The van der Waals surface area contributed by atoms with E-state index in [0.717, 1.165) is 39.6 Å². The van der Waals surface area contributed by atoms with Crippen molar-refractivity contribution in [1.82, 2.24) is 14.4 Å². The van der Waals surface area contributed by atoms with Gasteiger partial charge in [-0.3, -0.25) is 4.40 Å². The molecule has 0 saturated carbocycles. The summed E-state index contributed by atoms with van der Waals surface area (Å²) in [6.07, 6.45) is 1.87. The van der Waals surface area contributed by atoms with Gasteiger partial charge in [-0.25, -0.2) is 9.97 Å². The lowest BCUT2D eigenvalue weighted by atomic mass is 10.2. The number of nitrogens with one attached hydrogen (secondary N) is 1. The number of aryl methyl sites for hydroxylation is 2. The van der Waals surface area contributed by atoms with E-state index in [4.69, 9.17) is 9.72 Å². The number of fused-ring (bicyclic) bond motifs is 3. The van der Waals surface area contributed by atoms with Gasteiger partial charge in [-0.2, -0.15) is 0 Å². The molecule has 2 aromatic carbocycles. The molecule has 5 heteroatoms. The van der Waals surface area contributed by atoms with Gasteiger partial charge in [0.1, 0.15) is 5.75 Å². The van der Waals surface area contributed by atoms with Crippen LogP contribution in [0.25, 0.3) is 16.7 Å². The number of anilines is 2. The van der Waals surface area contributed by atoms with E-state index in [-0.39, 0.29) is 0 Å². The van der Waals surface area contributed by atoms with E-state index in [2.05, 4.69) is 40.7 Å². The lowest BCUT2D eigenvalue weighted by Crippen LogP contribution is -2.01. The molecule has 24 heavy (non-hydrogen) atoms. The molecule has 0 bridgehead atoms. The Kier molecular flexibility index (Phi) is 3.34. The summed E-state index contributed by atoms with van der Waals surface area (Å²) in [5.41, 5.74) is 6.06. The zero-order valence-corrected chi connectivity index (χ0v) is 13.9. The summed E-state index contributed by atoms with van der Waals surface area (Å²) < 4.78 is 7.34. The summed E-state index contributed by atoms with van der Waals surface area (Å²) in [5, 5.41) is 3.37. The summed E-state index contributed by atoms with van der Waals surface area (Å²) in [4.78, 5) is 9.31. The number of benzene rings is 2. The second-order valence-corrected chi connectivity index (χ2v) is 5.86. The minimum atomic E-state index is 0.740. The van der Waals surface area contributed by atoms with E-state index in [9.17, 15) is 0 Å². The van der Waals surface area contributed by atoms with Crippen molar-refractivity contribution in [2.45, 2.75) is 13.8 Å². The topological polar surface area (TPSA) is 51.5 Å². The van der Waals surface area contributed by atoms with Gasteiger partial charge in [0, 0.05) is 17.6 Å². The Labute approximate surface area is 139 Å². The van der Waals surface area contributed by atoms with Crippen molar-refractivity contribution in [2.75, 3.05) is 12.4 Å². The zero-order valence-electron chi connectivity index (χ0n) is 13.9. The minimum Gasteiger partial charge on any atom is -0.497 e. The van der Waals surface area contributed by atoms with Crippen molar-refractivity contribution in [2.24, 2.45) is 0 Å². The quantitative estimate of drug-likeness (QED) is 0.613. The first-order valence-electron chi connectivity index (χ1n) is 7.81. The smallest absolute Gasteiger partial charge is 0.181 e. The average molecular weight is 318 g/mol. The fourth-order valence-electron chi connectivity index (χ4n) is 2.88. The fourth-order valence-corrected chi connectivity index (χ4v) is 2.88. The normalized spacial score (nSPS) is 11.1. The van der Waals surface area contributed by atoms with Crippen LogP contribution in [0, 0.1) is 13.8 Å². The molecule has 0 fully saturated rings. The molecule has 4 aromatic rings. The van der Waals surface area contributed by atoms with Gasteiger partial charge in [-0.1, -0.05) is 6.07 Å². The number of hydrogen-bond donors (Lipinski definition) is 1. The number of hydrogen-bond acceptors (Lipinski definition) is 4. The van der Waals surface area contributed by atoms with Crippen LogP contribution in [0.3, 0.4) is 0 Å². The highest BCUT2D eigenvalue weighted by Crippen LogP contribution is 2.26. The van der Waals surface area contributed by atoms with Gasteiger partial charge in [-0.05, 0) is 55.8 Å². The first kappa shape index (κ1) is 14.5. The van der Waals surface area contributed by atoms with E-state index >= 15 is 0 Å². The molecule has 0 atom stereocenters. The highest BCUT2D eigenvalue weighted by Gasteiger charge is 2.12. The molecular weight excluding hydrogens is 300 g/mol. The summed E-state index contributed by atoms with van der Waals surface area (Å²) in [5.74, 6) is 1.56. The van der Waals surface area contributed by atoms with Crippen LogP contribution in [0.5, 0.6) is 5.75 Å². The van der Waals surface area contributed by atoms with Crippen LogP contribution in [0.15, 0.2) is 48.7 Å². The summed E-state index contributed by atoms with van der Waals surface area (Å²) in [6.45, 7) is 4.14. The first-order chi connectivity index (χ1) is 11.7. The van der Waals surface area contributed by atoms with Gasteiger partial charge in [-0.15, -0.1) is 0 Å². The van der Waals surface area contributed by atoms with E-state index in [0.29, 0.717) is 0 Å². The summed E-state index contributed by atoms with van der Waals surface area (Å²) in [7, 11) is 1.66. The highest BCUT2D eigenvalue weighted by molar-refractivity contribution is 5.85. The molecule has 120 valence electrons. The van der Waals surface area contributed by atoms with Gasteiger partial charge in [0.05, 0.1) is 18.1 Å². The third kappa shape index (κ3) is 2.34. The maximum Gasteiger partial charge on any atom is 0.181 e. The molecule has 2 heterocycles. The van der Waals surface area contributed by atoms with Crippen molar-refractivity contribution < 1.29 is 4.74 Å². The molecular formula is C19H18N4O. The molecule has 0 aliphatic carbocycles. The lowest BCUT2D eigenvalue weighted by molar-refractivity contribution is 0.415. The fraction of sp³-hybridized carbons (Fsp3) is 0.158. The van der Waals surface area contributed by atoms with Crippen molar-refractivity contribution in [1.29, 1.82) is 0 Å². The van der Waals surface area contributed by atoms with Crippen molar-refractivity contribution in [3.63, 3.8) is 0 Å². The van der Waals surface area contributed by atoms with Gasteiger partial charge in [0.15, 0.2) is 11.5 Å². The molecule has 2 aromatic heterocycles. The standard InChI is InChI=1S/C19H18N4O/c1-12-4-9-16-17(10-12)23-13(2)11-20-19(23)18(22-16)21-14-5-7-15(24-3)8-6-14/h4-11H,1-3H3,(H,21,22). The summed E-state index contributed by atoms with van der Waals surface area (Å²) in [6, 6.07) is 14.0. The molecule has 5 nitrogen and oxygen atoms in total. The van der Waals surface area contributed by atoms with Crippen LogP contribution in [-0.4, -0.2) is 21.5 Å². The summed E-state index contributed by atoms with van der Waals surface area (Å²) >= 11 is 0. The van der Waals surface area contributed by atoms with E-state index in [1.165, 1.54) is 5.56 Å². The Morgan fingerprint density at radius 2 is 1.83 bits per heavy atom. The van der Waals surface area contributed by atoms with Crippen LogP contribution in [0.1, 0.15) is 11.3 Å². The van der Waals surface area contributed by atoms with E-state index < -0.39 is 0 Å². The predicted molar refractivity (Wildman–Crippen MR) is 96.2 cm³/mol. The number of rotatable bonds is 3.